The summed E-state index contributed by atoms with van der Waals surface area (Å²) in [4.78, 5) is 24.8. The Morgan fingerprint density at radius 1 is 1.16 bits per heavy atom. The second kappa shape index (κ2) is 6.97. The maximum absolute atomic E-state index is 14.8. The molecule has 0 saturated heterocycles. The molecule has 2 fully saturated rings. The summed E-state index contributed by atoms with van der Waals surface area (Å²) in [5.74, 6) is -8.96. The normalized spacial score (nSPS) is 41.9. The summed E-state index contributed by atoms with van der Waals surface area (Å²) in [6, 6.07) is 0. The van der Waals surface area contributed by atoms with E-state index < -0.39 is 59.0 Å². The smallest absolute Gasteiger partial charge is 0.389 e. The van der Waals surface area contributed by atoms with Crippen molar-refractivity contribution in [2.45, 2.75) is 71.4 Å². The van der Waals surface area contributed by atoms with Crippen LogP contribution in [0, 0.1) is 34.0 Å². The number of carbonyl (C=O) groups excluding carboxylic acids is 2. The molecule has 6 unspecified atom stereocenters. The van der Waals surface area contributed by atoms with Gasteiger partial charge >= 0.3 is 12.1 Å². The number of halogens is 5. The van der Waals surface area contributed by atoms with Gasteiger partial charge in [0, 0.05) is 23.2 Å². The Labute approximate surface area is 184 Å². The van der Waals surface area contributed by atoms with E-state index in [-0.39, 0.29) is 18.1 Å². The summed E-state index contributed by atoms with van der Waals surface area (Å²) in [7, 11) is 0. The molecule has 0 aromatic carbocycles. The zero-order valence-electron chi connectivity index (χ0n) is 18.5. The Bertz CT molecular complexity index is 919. The average molecular weight is 460 g/mol. The van der Waals surface area contributed by atoms with Gasteiger partial charge in [0.2, 0.25) is 0 Å². The lowest BCUT2D eigenvalue weighted by Gasteiger charge is -2.55. The summed E-state index contributed by atoms with van der Waals surface area (Å²) in [5.41, 5.74) is -1.54. The highest BCUT2D eigenvalue weighted by Crippen LogP contribution is 2.72. The minimum Gasteiger partial charge on any atom is -0.389 e. The van der Waals surface area contributed by atoms with Gasteiger partial charge in [0.05, 0.1) is 0 Å². The van der Waals surface area contributed by atoms with E-state index in [1.807, 2.05) is 13.0 Å². The largest absolute Gasteiger partial charge is 0.453 e. The zero-order valence-corrected chi connectivity index (χ0v) is 18.5. The van der Waals surface area contributed by atoms with Crippen molar-refractivity contribution in [1.29, 1.82) is 0 Å². The summed E-state index contributed by atoms with van der Waals surface area (Å²) in [5, 5.41) is 9.57. The Balaban J connectivity index is 1.83. The Morgan fingerprint density at radius 3 is 2.41 bits per heavy atom. The van der Waals surface area contributed by atoms with E-state index in [1.54, 1.807) is 13.0 Å². The quantitative estimate of drug-likeness (QED) is 0.451. The Morgan fingerprint density at radius 2 is 1.81 bits per heavy atom. The lowest BCUT2D eigenvalue weighted by Crippen LogP contribution is -2.56. The molecule has 0 heterocycles. The van der Waals surface area contributed by atoms with Gasteiger partial charge in [-0.1, -0.05) is 38.0 Å². The van der Waals surface area contributed by atoms with Gasteiger partial charge in [-0.3, -0.25) is 9.59 Å². The first-order valence-corrected chi connectivity index (χ1v) is 11.2. The molecule has 3 nitrogen and oxygen atoms in total. The lowest BCUT2D eigenvalue weighted by atomic mass is 9.48. The Kier molecular flexibility index (Phi) is 5.13. The third-order valence-corrected chi connectivity index (χ3v) is 9.64. The average Bonchev–Trinajstić information content (AvgIpc) is 2.96. The number of hydrogen-bond acceptors (Lipinski definition) is 3. The minimum absolute atomic E-state index is 0.0593. The number of ketones is 2. The molecule has 6 atom stereocenters. The molecule has 0 radical (unpaired) electrons. The van der Waals surface area contributed by atoms with Crippen molar-refractivity contribution in [2.24, 2.45) is 34.0 Å². The summed E-state index contributed by atoms with van der Waals surface area (Å²) >= 11 is 0. The van der Waals surface area contributed by atoms with Crippen molar-refractivity contribution in [1.82, 2.24) is 0 Å². The fourth-order valence-electron chi connectivity index (χ4n) is 7.52. The molecule has 2 saturated carbocycles. The van der Waals surface area contributed by atoms with Gasteiger partial charge in [-0.05, 0) is 55.4 Å². The van der Waals surface area contributed by atoms with Crippen LogP contribution in [0.1, 0.15) is 59.3 Å². The maximum atomic E-state index is 14.8. The molecule has 0 bridgehead atoms. The predicted octanol–water partition coefficient (Wildman–Crippen LogP) is 5.43. The van der Waals surface area contributed by atoms with Gasteiger partial charge < -0.3 is 5.11 Å². The third-order valence-electron chi connectivity index (χ3n) is 9.64. The molecule has 1 N–H and O–H groups in total. The van der Waals surface area contributed by atoms with Crippen LogP contribution in [-0.2, 0) is 9.59 Å². The van der Waals surface area contributed by atoms with E-state index in [0.29, 0.717) is 25.7 Å². The standard InChI is InChI=1S/C24H29F5O3/c1-20-8-6-14(31)10-13(20)4-5-15-16(20)7-9-21(2)17(15)11-18(22(21,3)19(32)12-30)23(25,26)24(27,28)29/h7,10,15,17-18,30H,4-6,8-9,11-12H2,1-3H3. The number of allylic oxidation sites excluding steroid dienone is 4. The lowest BCUT2D eigenvalue weighted by molar-refractivity contribution is -0.312. The van der Waals surface area contributed by atoms with Crippen LogP contribution in [-0.4, -0.2) is 35.4 Å². The van der Waals surface area contributed by atoms with Crippen molar-refractivity contribution in [2.75, 3.05) is 6.61 Å². The van der Waals surface area contributed by atoms with Crippen molar-refractivity contribution >= 4 is 11.6 Å². The molecule has 0 aliphatic heterocycles. The van der Waals surface area contributed by atoms with Gasteiger partial charge in [-0.2, -0.15) is 22.0 Å². The van der Waals surface area contributed by atoms with Gasteiger partial charge in [0.1, 0.15) is 6.61 Å². The first-order valence-electron chi connectivity index (χ1n) is 11.2. The monoisotopic (exact) mass is 460 g/mol. The number of hydrogen-bond donors (Lipinski definition) is 1. The fraction of sp³-hybridized carbons (Fsp3) is 0.750. The van der Waals surface area contributed by atoms with E-state index >= 15 is 0 Å². The van der Waals surface area contributed by atoms with Crippen molar-refractivity contribution in [3.05, 3.63) is 23.3 Å². The number of aliphatic hydroxyl groups excluding tert-OH is 1. The van der Waals surface area contributed by atoms with E-state index in [9.17, 15) is 36.6 Å². The van der Waals surface area contributed by atoms with Gasteiger partial charge in [-0.15, -0.1) is 0 Å². The van der Waals surface area contributed by atoms with Crippen LogP contribution in [0.15, 0.2) is 23.3 Å². The van der Waals surface area contributed by atoms with Gasteiger partial charge in [0.15, 0.2) is 11.6 Å². The summed E-state index contributed by atoms with van der Waals surface area (Å²) in [6.07, 6.45) is -0.318. The van der Waals surface area contributed by atoms with Crippen LogP contribution in [0.5, 0.6) is 0 Å². The molecule has 8 heteroatoms. The van der Waals surface area contributed by atoms with E-state index in [2.05, 4.69) is 0 Å². The highest BCUT2D eigenvalue weighted by molar-refractivity contribution is 5.92. The molecule has 178 valence electrons. The number of carbonyl (C=O) groups is 2. The highest BCUT2D eigenvalue weighted by atomic mass is 19.4. The van der Waals surface area contributed by atoms with Crippen molar-refractivity contribution in [3.63, 3.8) is 0 Å². The molecule has 32 heavy (non-hydrogen) atoms. The van der Waals surface area contributed by atoms with Crippen LogP contribution in [0.4, 0.5) is 22.0 Å². The van der Waals surface area contributed by atoms with E-state index in [4.69, 9.17) is 0 Å². The number of aliphatic hydroxyl groups is 1. The summed E-state index contributed by atoms with van der Waals surface area (Å²) < 4.78 is 70.1. The van der Waals surface area contributed by atoms with Crippen LogP contribution in [0.3, 0.4) is 0 Å². The minimum atomic E-state index is -5.78. The zero-order chi connectivity index (χ0) is 23.9. The number of fused-ring (bicyclic) bond motifs is 5. The molecular weight excluding hydrogens is 431 g/mol. The van der Waals surface area contributed by atoms with Crippen molar-refractivity contribution in [3.8, 4) is 0 Å². The second-order valence-corrected chi connectivity index (χ2v) is 10.7. The first kappa shape index (κ1) is 23.6. The molecule has 0 spiro atoms. The first-order chi connectivity index (χ1) is 14.6. The molecule has 4 rings (SSSR count). The molecule has 0 amide bonds. The van der Waals surface area contributed by atoms with Gasteiger partial charge in [-0.25, -0.2) is 0 Å². The number of Topliss-reactive ketones (excluding diaryl/α,β-unsaturated/α-hetero) is 1. The molecular formula is C24H29F5O3. The van der Waals surface area contributed by atoms with Crippen molar-refractivity contribution < 1.29 is 36.6 Å². The van der Waals surface area contributed by atoms with Crippen LogP contribution in [0.2, 0.25) is 0 Å². The molecule has 0 aromatic rings. The van der Waals surface area contributed by atoms with Gasteiger partial charge in [0.25, 0.3) is 0 Å². The fourth-order valence-corrected chi connectivity index (χ4v) is 7.52. The topological polar surface area (TPSA) is 54.4 Å². The predicted molar refractivity (Wildman–Crippen MR) is 107 cm³/mol. The number of rotatable bonds is 3. The van der Waals surface area contributed by atoms with E-state index in [0.717, 1.165) is 11.1 Å². The highest BCUT2D eigenvalue weighted by Gasteiger charge is 2.76. The third kappa shape index (κ3) is 2.80. The SMILES string of the molecule is CC12CCC(=O)C=C1CCC1C2=CCC2(C)C1CC(C(F)(F)C(F)(F)F)C2(C)C(=O)CO. The van der Waals surface area contributed by atoms with Crippen LogP contribution < -0.4 is 0 Å². The number of alkyl halides is 5. The second-order valence-electron chi connectivity index (χ2n) is 10.7. The van der Waals surface area contributed by atoms with Crippen LogP contribution in [0.25, 0.3) is 0 Å². The molecule has 4 aliphatic rings. The van der Waals surface area contributed by atoms with E-state index in [1.165, 1.54) is 6.92 Å². The molecule has 4 aliphatic carbocycles. The maximum Gasteiger partial charge on any atom is 0.453 e. The van der Waals surface area contributed by atoms with Crippen LogP contribution >= 0.6 is 0 Å². The molecule has 0 aromatic heterocycles. The Hall–Kier alpha value is -1.57. The summed E-state index contributed by atoms with van der Waals surface area (Å²) in [6.45, 7) is 3.80.